The van der Waals surface area contributed by atoms with Gasteiger partial charge in [0.1, 0.15) is 6.26 Å². The van der Waals surface area contributed by atoms with Crippen molar-refractivity contribution in [1.29, 1.82) is 0 Å². The Balaban J connectivity index is 1.91. The van der Waals surface area contributed by atoms with Crippen LogP contribution >= 0.6 is 11.8 Å². The third-order valence-electron chi connectivity index (χ3n) is 1.72. The molecule has 6 heteroatoms. The molecule has 5 nitrogen and oxygen atoms in total. The second-order valence-electron chi connectivity index (χ2n) is 2.65. The highest BCUT2D eigenvalue weighted by Crippen LogP contribution is 2.11. The smallest absolute Gasteiger partial charge is 0.243 e. The fraction of sp³-hybridized carbons (Fsp3) is 0.429. The van der Waals surface area contributed by atoms with E-state index in [2.05, 4.69) is 20.3 Å². The quantitative estimate of drug-likeness (QED) is 0.716. The third-order valence-corrected chi connectivity index (χ3v) is 2.66. The summed E-state index contributed by atoms with van der Waals surface area (Å²) in [5.41, 5.74) is 0. The van der Waals surface area contributed by atoms with Crippen LogP contribution in [0.3, 0.4) is 0 Å². The normalized spacial score (nSPS) is 21.7. The molecule has 1 amide bonds. The van der Waals surface area contributed by atoms with Gasteiger partial charge >= 0.3 is 0 Å². The van der Waals surface area contributed by atoms with Gasteiger partial charge in [0.2, 0.25) is 5.91 Å². The first-order valence-corrected chi connectivity index (χ1v) is 5.04. The second kappa shape index (κ2) is 3.80. The van der Waals surface area contributed by atoms with Gasteiger partial charge in [0.15, 0.2) is 5.82 Å². The van der Waals surface area contributed by atoms with E-state index in [4.69, 9.17) is 0 Å². The van der Waals surface area contributed by atoms with E-state index in [0.717, 1.165) is 11.6 Å². The lowest BCUT2D eigenvalue weighted by molar-refractivity contribution is -0.117. The van der Waals surface area contributed by atoms with E-state index in [-0.39, 0.29) is 11.9 Å². The maximum Gasteiger partial charge on any atom is 0.243 e. The molecule has 1 aromatic rings. The summed E-state index contributed by atoms with van der Waals surface area (Å²) in [6, 6.07) is 1.50. The first-order chi connectivity index (χ1) is 6.36. The minimum Gasteiger partial charge on any atom is -0.363 e. The predicted molar refractivity (Wildman–Crippen MR) is 49.4 cm³/mol. The summed E-state index contributed by atoms with van der Waals surface area (Å²) in [6.07, 6.45) is 1.42. The zero-order chi connectivity index (χ0) is 9.10. The molecule has 1 aliphatic rings. The van der Waals surface area contributed by atoms with Crippen molar-refractivity contribution < 1.29 is 9.32 Å². The molecule has 1 aromatic heterocycles. The SMILES string of the molecule is O=C(Nc1ccon1)C1CSCN1. The van der Waals surface area contributed by atoms with E-state index in [1.807, 2.05) is 0 Å². The van der Waals surface area contributed by atoms with E-state index in [9.17, 15) is 4.79 Å². The van der Waals surface area contributed by atoms with Gasteiger partial charge in [-0.25, -0.2) is 0 Å². The van der Waals surface area contributed by atoms with Gasteiger partial charge < -0.3 is 9.84 Å². The third kappa shape index (κ3) is 2.02. The summed E-state index contributed by atoms with van der Waals surface area (Å²) in [5, 5.41) is 9.29. The first-order valence-electron chi connectivity index (χ1n) is 3.88. The van der Waals surface area contributed by atoms with Gasteiger partial charge in [0.25, 0.3) is 0 Å². The van der Waals surface area contributed by atoms with Gasteiger partial charge in [-0.15, -0.1) is 11.8 Å². The van der Waals surface area contributed by atoms with Crippen LogP contribution in [0.25, 0.3) is 0 Å². The van der Waals surface area contributed by atoms with Crippen molar-refractivity contribution in [3.05, 3.63) is 12.3 Å². The number of carbonyl (C=O) groups is 1. The molecule has 2 heterocycles. The van der Waals surface area contributed by atoms with Crippen molar-refractivity contribution in [2.24, 2.45) is 0 Å². The number of thioether (sulfide) groups is 1. The van der Waals surface area contributed by atoms with Gasteiger partial charge in [-0.05, 0) is 0 Å². The highest BCUT2D eigenvalue weighted by Gasteiger charge is 2.22. The molecule has 1 saturated heterocycles. The van der Waals surface area contributed by atoms with Crippen LogP contribution in [0.5, 0.6) is 0 Å². The number of amides is 1. The van der Waals surface area contributed by atoms with Crippen LogP contribution in [-0.2, 0) is 4.79 Å². The number of anilines is 1. The molecule has 0 bridgehead atoms. The number of hydrogen-bond acceptors (Lipinski definition) is 5. The molecule has 70 valence electrons. The molecule has 1 unspecified atom stereocenters. The maximum absolute atomic E-state index is 11.4. The van der Waals surface area contributed by atoms with Crippen molar-refractivity contribution in [2.75, 3.05) is 16.9 Å². The Bertz CT molecular complexity index is 282. The van der Waals surface area contributed by atoms with Crippen LogP contribution < -0.4 is 10.6 Å². The zero-order valence-corrected chi connectivity index (χ0v) is 7.63. The average Bonchev–Trinajstić information content (AvgIpc) is 2.74. The molecule has 1 aliphatic heterocycles. The largest absolute Gasteiger partial charge is 0.363 e. The first kappa shape index (κ1) is 8.58. The summed E-state index contributed by atoms with van der Waals surface area (Å²) in [6.45, 7) is 0. The van der Waals surface area contributed by atoms with Gasteiger partial charge in [0, 0.05) is 17.7 Å². The minimum absolute atomic E-state index is 0.0566. The molecule has 0 saturated carbocycles. The minimum atomic E-state index is -0.110. The molecule has 0 aliphatic carbocycles. The highest BCUT2D eigenvalue weighted by molar-refractivity contribution is 7.99. The lowest BCUT2D eigenvalue weighted by Gasteiger charge is -2.07. The lowest BCUT2D eigenvalue weighted by Crippen LogP contribution is -2.37. The lowest BCUT2D eigenvalue weighted by atomic mass is 10.3. The molecule has 0 spiro atoms. The fourth-order valence-electron chi connectivity index (χ4n) is 1.05. The number of nitrogens with zero attached hydrogens (tertiary/aromatic N) is 1. The van der Waals surface area contributed by atoms with Crippen LogP contribution in [0.2, 0.25) is 0 Å². The summed E-state index contributed by atoms with van der Waals surface area (Å²) >= 11 is 1.71. The monoisotopic (exact) mass is 199 g/mol. The summed E-state index contributed by atoms with van der Waals surface area (Å²) in [4.78, 5) is 11.4. The Labute approximate surface area is 79.2 Å². The van der Waals surface area contributed by atoms with Gasteiger partial charge in [-0.1, -0.05) is 5.16 Å². The molecule has 0 aromatic carbocycles. The fourth-order valence-corrected chi connectivity index (χ4v) is 2.00. The van der Waals surface area contributed by atoms with E-state index >= 15 is 0 Å². The van der Waals surface area contributed by atoms with Crippen molar-refractivity contribution in [1.82, 2.24) is 10.5 Å². The average molecular weight is 199 g/mol. The van der Waals surface area contributed by atoms with Crippen LogP contribution in [0, 0.1) is 0 Å². The van der Waals surface area contributed by atoms with Crippen LogP contribution in [0.1, 0.15) is 0 Å². The van der Waals surface area contributed by atoms with Gasteiger partial charge in [-0.3, -0.25) is 10.1 Å². The summed E-state index contributed by atoms with van der Waals surface area (Å²) < 4.78 is 4.59. The molecule has 2 rings (SSSR count). The van der Waals surface area contributed by atoms with E-state index in [1.54, 1.807) is 17.8 Å². The standard InChI is InChI=1S/C7H9N3O2S/c11-7(5-3-13-4-8-5)9-6-1-2-12-10-6/h1-2,5,8H,3-4H2,(H,9,10,11). The molecular weight excluding hydrogens is 190 g/mol. The van der Waals surface area contributed by atoms with Crippen molar-refractivity contribution in [3.8, 4) is 0 Å². The Morgan fingerprint density at radius 2 is 2.77 bits per heavy atom. The molecular formula is C7H9N3O2S. The number of nitrogens with one attached hydrogen (secondary N) is 2. The molecule has 1 atom stereocenters. The molecule has 1 fully saturated rings. The van der Waals surface area contributed by atoms with E-state index < -0.39 is 0 Å². The molecule has 0 radical (unpaired) electrons. The highest BCUT2D eigenvalue weighted by atomic mass is 32.2. The topological polar surface area (TPSA) is 67.2 Å². The van der Waals surface area contributed by atoms with E-state index in [0.29, 0.717) is 5.82 Å². The second-order valence-corrected chi connectivity index (χ2v) is 3.68. The zero-order valence-electron chi connectivity index (χ0n) is 6.82. The number of hydrogen-bond donors (Lipinski definition) is 2. The Morgan fingerprint density at radius 3 is 3.38 bits per heavy atom. The Hall–Kier alpha value is -1.01. The van der Waals surface area contributed by atoms with Crippen molar-refractivity contribution >= 4 is 23.5 Å². The predicted octanol–water partition coefficient (Wildman–Crippen LogP) is 0.276. The number of carbonyl (C=O) groups excluding carboxylic acids is 1. The molecule has 13 heavy (non-hydrogen) atoms. The summed E-state index contributed by atoms with van der Waals surface area (Å²) in [7, 11) is 0. The van der Waals surface area contributed by atoms with Crippen LogP contribution in [0.15, 0.2) is 16.9 Å². The Kier molecular flexibility index (Phi) is 2.51. The van der Waals surface area contributed by atoms with Gasteiger partial charge in [-0.2, -0.15) is 0 Å². The number of rotatable bonds is 2. The maximum atomic E-state index is 11.4. The molecule has 2 N–H and O–H groups in total. The van der Waals surface area contributed by atoms with E-state index in [1.165, 1.54) is 6.26 Å². The van der Waals surface area contributed by atoms with Crippen molar-refractivity contribution in [3.63, 3.8) is 0 Å². The summed E-state index contributed by atoms with van der Waals surface area (Å²) in [5.74, 6) is 2.04. The number of aromatic nitrogens is 1. The van der Waals surface area contributed by atoms with Crippen LogP contribution in [-0.4, -0.2) is 28.7 Å². The van der Waals surface area contributed by atoms with Crippen LogP contribution in [0.4, 0.5) is 5.82 Å². The Morgan fingerprint density at radius 1 is 1.85 bits per heavy atom. The van der Waals surface area contributed by atoms with Gasteiger partial charge in [0.05, 0.1) is 6.04 Å². The van der Waals surface area contributed by atoms with Crippen molar-refractivity contribution in [2.45, 2.75) is 6.04 Å².